The molecule has 0 bridgehead atoms. The van der Waals surface area contributed by atoms with Crippen molar-refractivity contribution < 1.29 is 0 Å². The molecule has 1 saturated carbocycles. The van der Waals surface area contributed by atoms with E-state index < -0.39 is 0 Å². The molecule has 88 valence electrons. The van der Waals surface area contributed by atoms with Crippen molar-refractivity contribution in [3.05, 3.63) is 29.3 Å². The number of pyridine rings is 1. The van der Waals surface area contributed by atoms with Crippen LogP contribution in [0.25, 0.3) is 11.4 Å². The van der Waals surface area contributed by atoms with Crippen LogP contribution in [0.3, 0.4) is 0 Å². The Hall–Kier alpha value is -1.49. The van der Waals surface area contributed by atoms with E-state index in [4.69, 9.17) is 12.2 Å². The van der Waals surface area contributed by atoms with E-state index in [0.29, 0.717) is 4.77 Å². The maximum atomic E-state index is 5.35. The summed E-state index contributed by atoms with van der Waals surface area (Å²) in [7, 11) is 0. The van der Waals surface area contributed by atoms with Crippen molar-refractivity contribution in [2.45, 2.75) is 31.7 Å². The van der Waals surface area contributed by atoms with Gasteiger partial charge in [0.05, 0.1) is 0 Å². The van der Waals surface area contributed by atoms with Crippen molar-refractivity contribution in [3.63, 3.8) is 0 Å². The van der Waals surface area contributed by atoms with Crippen LogP contribution in [-0.2, 0) is 5.54 Å². The highest BCUT2D eigenvalue weighted by Crippen LogP contribution is 2.40. The number of hydrogen-bond donors (Lipinski definition) is 1. The van der Waals surface area contributed by atoms with Crippen LogP contribution in [0.1, 0.15) is 26.2 Å². The van der Waals surface area contributed by atoms with Gasteiger partial charge in [0.1, 0.15) is 0 Å². The summed E-state index contributed by atoms with van der Waals surface area (Å²) in [6, 6.07) is 3.92. The van der Waals surface area contributed by atoms with Gasteiger partial charge in [0.15, 0.2) is 10.6 Å². The molecule has 0 unspecified atom stereocenters. The number of nitrogens with zero attached hydrogens (tertiary/aromatic N) is 3. The molecule has 0 saturated heterocycles. The summed E-state index contributed by atoms with van der Waals surface area (Å²) in [5, 5.41) is 7.26. The van der Waals surface area contributed by atoms with Crippen molar-refractivity contribution in [2.24, 2.45) is 0 Å². The summed E-state index contributed by atoms with van der Waals surface area (Å²) in [5.41, 5.74) is 1.18. The summed E-state index contributed by atoms with van der Waals surface area (Å²) in [6.07, 6.45) is 7.15. The summed E-state index contributed by atoms with van der Waals surface area (Å²) in [6.45, 7) is 2.24. The van der Waals surface area contributed by atoms with Gasteiger partial charge in [-0.1, -0.05) is 0 Å². The molecule has 0 aliphatic heterocycles. The summed E-state index contributed by atoms with van der Waals surface area (Å²) in [5.74, 6) is 0.916. The zero-order valence-corrected chi connectivity index (χ0v) is 10.5. The van der Waals surface area contributed by atoms with Crippen LogP contribution in [0.2, 0.25) is 0 Å². The number of rotatable bonds is 2. The van der Waals surface area contributed by atoms with Gasteiger partial charge in [-0.3, -0.25) is 14.6 Å². The van der Waals surface area contributed by atoms with E-state index in [1.54, 1.807) is 12.4 Å². The second kappa shape index (κ2) is 3.77. The van der Waals surface area contributed by atoms with Gasteiger partial charge in [0, 0.05) is 23.5 Å². The van der Waals surface area contributed by atoms with Gasteiger partial charge in [0.2, 0.25) is 0 Å². The predicted octanol–water partition coefficient (Wildman–Crippen LogP) is 2.90. The standard InChI is InChI=1S/C12H14N4S/c1-12(5-2-6-12)16-10(14-15-11(16)17)9-3-7-13-8-4-9/h3-4,7-8H,2,5-6H2,1H3,(H,15,17). The van der Waals surface area contributed by atoms with Crippen LogP contribution in [0.15, 0.2) is 24.5 Å². The molecule has 3 rings (SSSR count). The van der Waals surface area contributed by atoms with E-state index in [2.05, 4.69) is 26.7 Å². The Balaban J connectivity index is 2.16. The molecule has 4 nitrogen and oxygen atoms in total. The molecule has 1 aliphatic carbocycles. The molecule has 1 N–H and O–H groups in total. The Morgan fingerprint density at radius 1 is 1.35 bits per heavy atom. The molecule has 5 heteroatoms. The highest BCUT2D eigenvalue weighted by Gasteiger charge is 2.36. The molecule has 1 fully saturated rings. The molecular weight excluding hydrogens is 232 g/mol. The van der Waals surface area contributed by atoms with E-state index in [1.807, 2.05) is 12.1 Å². The fourth-order valence-electron chi connectivity index (χ4n) is 2.40. The third-order valence-corrected chi connectivity index (χ3v) is 3.86. The third kappa shape index (κ3) is 1.61. The number of nitrogens with one attached hydrogen (secondary N) is 1. The minimum Gasteiger partial charge on any atom is -0.294 e. The van der Waals surface area contributed by atoms with Gasteiger partial charge >= 0.3 is 0 Å². The Morgan fingerprint density at radius 2 is 2.06 bits per heavy atom. The van der Waals surface area contributed by atoms with Crippen molar-refractivity contribution >= 4 is 12.2 Å². The minimum atomic E-state index is 0.128. The Bertz CT molecular complexity index is 580. The molecule has 17 heavy (non-hydrogen) atoms. The molecule has 0 amide bonds. The van der Waals surface area contributed by atoms with Gasteiger partial charge in [-0.15, -0.1) is 0 Å². The molecule has 2 aromatic heterocycles. The van der Waals surface area contributed by atoms with Crippen molar-refractivity contribution in [3.8, 4) is 11.4 Å². The number of aromatic amines is 1. The van der Waals surface area contributed by atoms with Crippen molar-refractivity contribution in [1.29, 1.82) is 0 Å². The molecule has 0 radical (unpaired) electrons. The Kier molecular flexibility index (Phi) is 2.36. The molecular formula is C12H14N4S. The van der Waals surface area contributed by atoms with Crippen LogP contribution < -0.4 is 0 Å². The van der Waals surface area contributed by atoms with Crippen LogP contribution in [0, 0.1) is 4.77 Å². The van der Waals surface area contributed by atoms with Crippen LogP contribution in [0.4, 0.5) is 0 Å². The van der Waals surface area contributed by atoms with Gasteiger partial charge in [0.25, 0.3) is 0 Å². The van der Waals surface area contributed by atoms with Gasteiger partial charge in [-0.05, 0) is 50.5 Å². The van der Waals surface area contributed by atoms with E-state index in [0.717, 1.165) is 11.4 Å². The number of aromatic nitrogens is 4. The molecule has 1 aliphatic rings. The number of hydrogen-bond acceptors (Lipinski definition) is 3. The molecule has 0 atom stereocenters. The molecule has 2 aromatic rings. The van der Waals surface area contributed by atoms with Gasteiger partial charge in [-0.2, -0.15) is 5.10 Å². The first-order valence-corrected chi connectivity index (χ1v) is 6.20. The predicted molar refractivity (Wildman–Crippen MR) is 68.1 cm³/mol. The third-order valence-electron chi connectivity index (χ3n) is 3.58. The average molecular weight is 246 g/mol. The van der Waals surface area contributed by atoms with E-state index in [1.165, 1.54) is 19.3 Å². The quantitative estimate of drug-likeness (QED) is 0.829. The Morgan fingerprint density at radius 3 is 2.65 bits per heavy atom. The SMILES string of the molecule is CC1(n2c(-c3ccncc3)n[nH]c2=S)CCC1. The highest BCUT2D eigenvalue weighted by molar-refractivity contribution is 7.71. The maximum Gasteiger partial charge on any atom is 0.195 e. The second-order valence-corrected chi connectivity index (χ2v) is 5.16. The van der Waals surface area contributed by atoms with E-state index in [9.17, 15) is 0 Å². The highest BCUT2D eigenvalue weighted by atomic mass is 32.1. The van der Waals surface area contributed by atoms with Gasteiger partial charge < -0.3 is 0 Å². The number of H-pyrrole nitrogens is 1. The lowest BCUT2D eigenvalue weighted by Gasteiger charge is -2.40. The van der Waals surface area contributed by atoms with Crippen molar-refractivity contribution in [1.82, 2.24) is 19.7 Å². The zero-order chi connectivity index (χ0) is 11.9. The van der Waals surface area contributed by atoms with E-state index >= 15 is 0 Å². The maximum absolute atomic E-state index is 5.35. The second-order valence-electron chi connectivity index (χ2n) is 4.77. The first-order valence-electron chi connectivity index (χ1n) is 5.79. The zero-order valence-electron chi connectivity index (χ0n) is 9.68. The van der Waals surface area contributed by atoms with Gasteiger partial charge in [-0.25, -0.2) is 0 Å². The molecule has 0 spiro atoms. The smallest absolute Gasteiger partial charge is 0.195 e. The lowest BCUT2D eigenvalue weighted by Crippen LogP contribution is -2.37. The van der Waals surface area contributed by atoms with Crippen LogP contribution in [0.5, 0.6) is 0 Å². The summed E-state index contributed by atoms with van der Waals surface area (Å²) in [4.78, 5) is 4.03. The first-order chi connectivity index (χ1) is 8.21. The summed E-state index contributed by atoms with van der Waals surface area (Å²) >= 11 is 5.35. The normalized spacial score (nSPS) is 17.7. The fraction of sp³-hybridized carbons (Fsp3) is 0.417. The molecule has 2 heterocycles. The largest absolute Gasteiger partial charge is 0.294 e. The lowest BCUT2D eigenvalue weighted by atomic mass is 9.78. The monoisotopic (exact) mass is 246 g/mol. The lowest BCUT2D eigenvalue weighted by molar-refractivity contribution is 0.168. The average Bonchev–Trinajstić information content (AvgIpc) is 2.70. The fourth-order valence-corrected chi connectivity index (χ4v) is 2.76. The van der Waals surface area contributed by atoms with Crippen LogP contribution >= 0.6 is 12.2 Å². The van der Waals surface area contributed by atoms with E-state index in [-0.39, 0.29) is 5.54 Å². The summed E-state index contributed by atoms with van der Waals surface area (Å²) < 4.78 is 2.86. The minimum absolute atomic E-state index is 0.128. The first kappa shape index (κ1) is 10.7. The van der Waals surface area contributed by atoms with Crippen molar-refractivity contribution in [2.75, 3.05) is 0 Å². The van der Waals surface area contributed by atoms with Crippen LogP contribution in [-0.4, -0.2) is 19.7 Å². The topological polar surface area (TPSA) is 46.5 Å². The molecule has 0 aromatic carbocycles. The Labute approximate surface area is 105 Å².